The zero-order valence-electron chi connectivity index (χ0n) is 32.5. The fourth-order valence-corrected chi connectivity index (χ4v) is 6.26. The standard InChI is InChI=1S/C41H68O12S/c1-3-5-7-9-11-13-15-16-17-18-20-22-24-26-28-30-37(43)52-34(31-50-36(42)29-27-25-23-21-19-14-12-10-8-6-4-2)32-51-41-40(46)39(45)38(44)35(53-41)33-54(47,48)49/h5,7,11,13,16-17,20,22,26,28,34-35,38-41,44-46H,3-4,6,8-10,12,14-15,18-19,21,23-25,27,29-33H2,1-2H3,(H,47,48,49)/b7-5-,13-11-,17-16-,22-20-,28-26-. The van der Waals surface area contributed by atoms with E-state index in [4.69, 9.17) is 18.9 Å². The Kier molecular flexibility index (Phi) is 28.8. The Hall–Kier alpha value is -2.65. The van der Waals surface area contributed by atoms with Gasteiger partial charge in [0.2, 0.25) is 0 Å². The molecule has 0 aliphatic carbocycles. The first-order valence-corrected chi connectivity index (χ1v) is 21.5. The van der Waals surface area contributed by atoms with E-state index in [1.54, 1.807) is 6.08 Å². The predicted octanol–water partition coefficient (Wildman–Crippen LogP) is 7.00. The summed E-state index contributed by atoms with van der Waals surface area (Å²) in [6.45, 7) is 3.52. The van der Waals surface area contributed by atoms with E-state index in [0.29, 0.717) is 12.8 Å². The number of ether oxygens (including phenoxy) is 4. The lowest BCUT2D eigenvalue weighted by Crippen LogP contribution is -2.60. The molecule has 1 aliphatic heterocycles. The van der Waals surface area contributed by atoms with Crippen molar-refractivity contribution in [3.8, 4) is 0 Å². The third-order valence-electron chi connectivity index (χ3n) is 8.64. The van der Waals surface area contributed by atoms with Crippen molar-refractivity contribution in [3.63, 3.8) is 0 Å². The number of rotatable bonds is 31. The topological polar surface area (TPSA) is 186 Å². The van der Waals surface area contributed by atoms with Gasteiger partial charge in [0.15, 0.2) is 12.4 Å². The van der Waals surface area contributed by atoms with E-state index in [-0.39, 0.29) is 19.4 Å². The Bertz CT molecular complexity index is 1240. The molecule has 0 spiro atoms. The summed E-state index contributed by atoms with van der Waals surface area (Å²) >= 11 is 0. The number of esters is 2. The smallest absolute Gasteiger partial charge is 0.310 e. The van der Waals surface area contributed by atoms with E-state index in [1.807, 2.05) is 18.2 Å². The van der Waals surface area contributed by atoms with Crippen LogP contribution in [0, 0.1) is 0 Å². The highest BCUT2D eigenvalue weighted by Crippen LogP contribution is 2.23. The molecule has 1 rings (SSSR count). The molecule has 0 amide bonds. The minimum absolute atomic E-state index is 0.0688. The quantitative estimate of drug-likeness (QED) is 0.0245. The summed E-state index contributed by atoms with van der Waals surface area (Å²) in [4.78, 5) is 25.2. The number of aliphatic hydroxyl groups excluding tert-OH is 3. The molecule has 1 heterocycles. The molecule has 0 aromatic rings. The Morgan fingerprint density at radius 3 is 1.67 bits per heavy atom. The average Bonchev–Trinajstić information content (AvgIpc) is 3.13. The highest BCUT2D eigenvalue weighted by molar-refractivity contribution is 7.85. The fourth-order valence-electron chi connectivity index (χ4n) is 5.57. The zero-order valence-corrected chi connectivity index (χ0v) is 33.4. The zero-order chi connectivity index (χ0) is 39.9. The van der Waals surface area contributed by atoms with E-state index in [9.17, 15) is 37.9 Å². The summed E-state index contributed by atoms with van der Waals surface area (Å²) in [6, 6.07) is 0. The van der Waals surface area contributed by atoms with Crippen molar-refractivity contribution in [2.24, 2.45) is 0 Å². The lowest BCUT2D eigenvalue weighted by atomic mass is 10.00. The molecule has 0 aromatic carbocycles. The summed E-state index contributed by atoms with van der Waals surface area (Å²) in [5, 5.41) is 30.7. The maximum Gasteiger partial charge on any atom is 0.310 e. The van der Waals surface area contributed by atoms with Gasteiger partial charge < -0.3 is 34.3 Å². The molecule has 6 unspecified atom stereocenters. The number of hydrogen-bond donors (Lipinski definition) is 4. The predicted molar refractivity (Wildman–Crippen MR) is 210 cm³/mol. The van der Waals surface area contributed by atoms with Crippen LogP contribution in [0.25, 0.3) is 0 Å². The van der Waals surface area contributed by atoms with E-state index >= 15 is 0 Å². The number of hydrogen-bond acceptors (Lipinski definition) is 11. The SMILES string of the molecule is CC/C=C\C/C=C\C/C=C\C/C=C\C/C=C\CC(=O)OC(COC(=O)CCCCCCCCCCCCC)COC1OC(CS(=O)(=O)O)C(O)C(O)C1O. The molecule has 13 heteroatoms. The van der Waals surface area contributed by atoms with E-state index < -0.39 is 71.2 Å². The lowest BCUT2D eigenvalue weighted by molar-refractivity contribution is -0.297. The number of allylic oxidation sites excluding steroid dienone is 9. The summed E-state index contributed by atoms with van der Waals surface area (Å²) < 4.78 is 53.7. The van der Waals surface area contributed by atoms with Crippen molar-refractivity contribution < 1.29 is 56.8 Å². The molecule has 0 bridgehead atoms. The highest BCUT2D eigenvalue weighted by Gasteiger charge is 2.46. The molecule has 12 nitrogen and oxygen atoms in total. The summed E-state index contributed by atoms with van der Waals surface area (Å²) in [5.41, 5.74) is 0. The molecule has 6 atom stereocenters. The second kappa shape index (κ2) is 31.5. The second-order valence-electron chi connectivity index (χ2n) is 13.6. The van der Waals surface area contributed by atoms with Gasteiger partial charge in [0, 0.05) is 6.42 Å². The maximum absolute atomic E-state index is 12.7. The maximum atomic E-state index is 12.7. The first-order chi connectivity index (χ1) is 26.0. The van der Waals surface area contributed by atoms with Crippen LogP contribution in [-0.4, -0.2) is 96.0 Å². The van der Waals surface area contributed by atoms with Crippen LogP contribution in [-0.2, 0) is 38.7 Å². The van der Waals surface area contributed by atoms with Crippen LogP contribution in [0.4, 0.5) is 0 Å². The number of carbonyl (C=O) groups is 2. The highest BCUT2D eigenvalue weighted by atomic mass is 32.2. The van der Waals surface area contributed by atoms with E-state index in [0.717, 1.165) is 44.9 Å². The van der Waals surface area contributed by atoms with Gasteiger partial charge >= 0.3 is 11.9 Å². The minimum Gasteiger partial charge on any atom is -0.462 e. The Morgan fingerprint density at radius 1 is 0.648 bits per heavy atom. The second-order valence-corrected chi connectivity index (χ2v) is 15.1. The normalized spacial score (nSPS) is 21.6. The molecule has 1 saturated heterocycles. The third-order valence-corrected chi connectivity index (χ3v) is 9.39. The Balaban J connectivity index is 2.59. The first kappa shape index (κ1) is 49.4. The van der Waals surface area contributed by atoms with Gasteiger partial charge in [-0.2, -0.15) is 8.42 Å². The van der Waals surface area contributed by atoms with Gasteiger partial charge in [-0.25, -0.2) is 0 Å². The van der Waals surface area contributed by atoms with Crippen molar-refractivity contribution in [2.75, 3.05) is 19.0 Å². The molecule has 0 saturated carbocycles. The molecule has 310 valence electrons. The molecule has 0 radical (unpaired) electrons. The lowest BCUT2D eigenvalue weighted by Gasteiger charge is -2.40. The van der Waals surface area contributed by atoms with Crippen LogP contribution in [0.2, 0.25) is 0 Å². The van der Waals surface area contributed by atoms with Gasteiger partial charge in [-0.3, -0.25) is 14.1 Å². The van der Waals surface area contributed by atoms with Crippen LogP contribution in [0.5, 0.6) is 0 Å². The van der Waals surface area contributed by atoms with Crippen molar-refractivity contribution >= 4 is 22.1 Å². The van der Waals surface area contributed by atoms with Gasteiger partial charge in [-0.05, 0) is 38.5 Å². The van der Waals surface area contributed by atoms with Crippen LogP contribution >= 0.6 is 0 Å². The van der Waals surface area contributed by atoms with Gasteiger partial charge in [0.05, 0.1) is 13.0 Å². The van der Waals surface area contributed by atoms with Crippen molar-refractivity contribution in [2.45, 2.75) is 166 Å². The van der Waals surface area contributed by atoms with Gasteiger partial charge in [-0.15, -0.1) is 0 Å². The summed E-state index contributed by atoms with van der Waals surface area (Å²) in [5.74, 6) is -2.15. The monoisotopic (exact) mass is 784 g/mol. The third kappa shape index (κ3) is 26.2. The molecular formula is C41H68O12S. The van der Waals surface area contributed by atoms with Crippen molar-refractivity contribution in [1.29, 1.82) is 0 Å². The molecular weight excluding hydrogens is 717 g/mol. The van der Waals surface area contributed by atoms with Crippen LogP contribution < -0.4 is 0 Å². The van der Waals surface area contributed by atoms with Crippen LogP contribution in [0.3, 0.4) is 0 Å². The Labute approximate surface area is 324 Å². The van der Waals surface area contributed by atoms with Crippen molar-refractivity contribution in [3.05, 3.63) is 60.8 Å². The molecule has 0 aromatic heterocycles. The number of carbonyl (C=O) groups excluding carboxylic acids is 2. The van der Waals surface area contributed by atoms with E-state index in [1.165, 1.54) is 44.9 Å². The molecule has 1 fully saturated rings. The summed E-state index contributed by atoms with van der Waals surface area (Å²) in [7, 11) is -4.61. The first-order valence-electron chi connectivity index (χ1n) is 19.8. The average molecular weight is 785 g/mol. The van der Waals surface area contributed by atoms with Crippen LogP contribution in [0.1, 0.15) is 129 Å². The van der Waals surface area contributed by atoms with Gasteiger partial charge in [0.25, 0.3) is 10.1 Å². The minimum atomic E-state index is -4.61. The summed E-state index contributed by atoms with van der Waals surface area (Å²) in [6.07, 6.45) is 27.4. The Morgan fingerprint density at radius 2 is 1.15 bits per heavy atom. The van der Waals surface area contributed by atoms with Gasteiger partial charge in [0.1, 0.15) is 36.8 Å². The number of aliphatic hydroxyl groups is 3. The molecule has 4 N–H and O–H groups in total. The fraction of sp³-hybridized carbons (Fsp3) is 0.707. The van der Waals surface area contributed by atoms with Gasteiger partial charge in [-0.1, -0.05) is 139 Å². The largest absolute Gasteiger partial charge is 0.462 e. The molecule has 54 heavy (non-hydrogen) atoms. The molecule has 1 aliphatic rings. The number of unbranched alkanes of at least 4 members (excludes halogenated alkanes) is 10. The van der Waals surface area contributed by atoms with Crippen molar-refractivity contribution in [1.82, 2.24) is 0 Å². The van der Waals surface area contributed by atoms with E-state index in [2.05, 4.69) is 50.3 Å². The van der Waals surface area contributed by atoms with Crippen LogP contribution in [0.15, 0.2) is 60.8 Å².